The Morgan fingerprint density at radius 2 is 1.29 bits per heavy atom. The van der Waals surface area contributed by atoms with Crippen molar-refractivity contribution in [1.29, 1.82) is 0 Å². The van der Waals surface area contributed by atoms with Crippen molar-refractivity contribution in [3.8, 4) is 11.5 Å². The maximum Gasteiger partial charge on any atom is 0.200 e. The zero-order chi connectivity index (χ0) is 27.1. The van der Waals surface area contributed by atoms with Crippen molar-refractivity contribution < 1.29 is 27.0 Å². The van der Waals surface area contributed by atoms with Crippen molar-refractivity contribution in [1.82, 2.24) is 0 Å². The summed E-state index contributed by atoms with van der Waals surface area (Å²) in [6.45, 7) is 4.48. The zero-order valence-corrected chi connectivity index (χ0v) is 22.8. The van der Waals surface area contributed by atoms with Crippen molar-refractivity contribution in [2.45, 2.75) is 96.8 Å². The highest BCUT2D eigenvalue weighted by Crippen LogP contribution is 2.45. The van der Waals surface area contributed by atoms with Crippen LogP contribution in [-0.4, -0.2) is 13.2 Å². The quantitative estimate of drug-likeness (QED) is 0.211. The van der Waals surface area contributed by atoms with Crippen LogP contribution in [0.5, 0.6) is 11.5 Å². The molecule has 2 aliphatic rings. The second kappa shape index (κ2) is 13.7. The molecular weight excluding hydrogens is 492 g/mol. The van der Waals surface area contributed by atoms with Gasteiger partial charge >= 0.3 is 0 Å². The molecule has 2 aromatic rings. The third-order valence-electron chi connectivity index (χ3n) is 8.85. The zero-order valence-electron chi connectivity index (χ0n) is 22.8. The number of benzene rings is 2. The summed E-state index contributed by atoms with van der Waals surface area (Å²) in [5.74, 6) is -1.38. The van der Waals surface area contributed by atoms with Gasteiger partial charge in [-0.15, -0.1) is 0 Å². The Hall–Kier alpha value is -2.24. The van der Waals surface area contributed by atoms with E-state index in [-0.39, 0.29) is 17.4 Å². The largest absolute Gasteiger partial charge is 0.491 e. The van der Waals surface area contributed by atoms with E-state index in [2.05, 4.69) is 0 Å². The molecule has 0 aromatic heterocycles. The van der Waals surface area contributed by atoms with E-state index in [1.165, 1.54) is 6.07 Å². The molecule has 2 aromatic carbocycles. The monoisotopic (exact) mass is 534 g/mol. The Morgan fingerprint density at radius 3 is 1.95 bits per heavy atom. The van der Waals surface area contributed by atoms with Crippen LogP contribution in [0.3, 0.4) is 0 Å². The lowest BCUT2D eigenvalue weighted by molar-refractivity contribution is 0.156. The van der Waals surface area contributed by atoms with E-state index >= 15 is 0 Å². The maximum atomic E-state index is 14.8. The van der Waals surface area contributed by atoms with Crippen LogP contribution in [0.2, 0.25) is 0 Å². The molecule has 6 heteroatoms. The Bertz CT molecular complexity index is 1040. The summed E-state index contributed by atoms with van der Waals surface area (Å²) in [6, 6.07) is 6.48. The molecular formula is C32H42F4O2. The molecule has 38 heavy (non-hydrogen) atoms. The highest BCUT2D eigenvalue weighted by atomic mass is 19.2. The van der Waals surface area contributed by atoms with E-state index in [1.807, 2.05) is 6.92 Å². The number of aryl methyl sites for hydroxylation is 1. The van der Waals surface area contributed by atoms with E-state index in [0.717, 1.165) is 70.6 Å². The summed E-state index contributed by atoms with van der Waals surface area (Å²) in [4.78, 5) is 0. The first-order valence-electron chi connectivity index (χ1n) is 14.6. The first-order valence-corrected chi connectivity index (χ1v) is 14.6. The standard InChI is InChI=1S/C32H42F4O2/c1-3-5-20-38-28-19-17-26(30(34)32(28)36)24-14-12-23(13-15-24)22-9-6-21(7-10-22)8-11-25-16-18-27(37-4-2)31(35)29(25)33/h16-19,21-24H,3-15,20H2,1-2H3/t21-,22-,23-,24-. The lowest BCUT2D eigenvalue weighted by Crippen LogP contribution is -2.26. The molecule has 2 saturated carbocycles. The second-order valence-electron chi connectivity index (χ2n) is 11.2. The first-order chi connectivity index (χ1) is 18.4. The topological polar surface area (TPSA) is 18.5 Å². The molecule has 0 amide bonds. The normalized spacial score (nSPS) is 23.8. The molecule has 2 fully saturated rings. The van der Waals surface area contributed by atoms with Gasteiger partial charge < -0.3 is 9.47 Å². The minimum Gasteiger partial charge on any atom is -0.491 e. The van der Waals surface area contributed by atoms with E-state index in [0.29, 0.717) is 48.5 Å². The van der Waals surface area contributed by atoms with Gasteiger partial charge in [-0.25, -0.2) is 8.78 Å². The molecule has 0 spiro atoms. The lowest BCUT2D eigenvalue weighted by atomic mass is 9.68. The molecule has 2 nitrogen and oxygen atoms in total. The minimum absolute atomic E-state index is 0.0144. The van der Waals surface area contributed by atoms with Crippen LogP contribution in [0, 0.1) is 41.0 Å². The second-order valence-corrected chi connectivity index (χ2v) is 11.2. The van der Waals surface area contributed by atoms with Crippen molar-refractivity contribution in [3.05, 3.63) is 58.7 Å². The van der Waals surface area contributed by atoms with Crippen LogP contribution >= 0.6 is 0 Å². The van der Waals surface area contributed by atoms with Crippen molar-refractivity contribution in [3.63, 3.8) is 0 Å². The summed E-state index contributed by atoms with van der Waals surface area (Å²) in [5.41, 5.74) is 0.918. The molecule has 0 saturated heterocycles. The van der Waals surface area contributed by atoms with Crippen LogP contribution in [0.4, 0.5) is 17.6 Å². The SMILES string of the molecule is CCCCOc1ccc([C@H]2CC[C@H]([C@H]3CC[C@H](CCc4ccc(OCC)c(F)c4F)CC3)CC2)c(F)c1F. The number of unbranched alkanes of at least 4 members (excludes halogenated alkanes) is 1. The molecule has 2 aliphatic carbocycles. The fourth-order valence-corrected chi connectivity index (χ4v) is 6.54. The molecule has 4 rings (SSSR count). The van der Waals surface area contributed by atoms with Gasteiger partial charge in [0, 0.05) is 0 Å². The van der Waals surface area contributed by atoms with E-state index < -0.39 is 23.3 Å². The number of hydrogen-bond acceptors (Lipinski definition) is 2. The van der Waals surface area contributed by atoms with E-state index in [1.54, 1.807) is 25.1 Å². The van der Waals surface area contributed by atoms with Gasteiger partial charge in [-0.3, -0.25) is 0 Å². The fraction of sp³-hybridized carbons (Fsp3) is 0.625. The van der Waals surface area contributed by atoms with E-state index in [9.17, 15) is 17.6 Å². The molecule has 0 aliphatic heterocycles. The van der Waals surface area contributed by atoms with Crippen LogP contribution < -0.4 is 9.47 Å². The van der Waals surface area contributed by atoms with Crippen LogP contribution in [0.25, 0.3) is 0 Å². The maximum absolute atomic E-state index is 14.8. The number of ether oxygens (including phenoxy) is 2. The van der Waals surface area contributed by atoms with Gasteiger partial charge in [0.05, 0.1) is 13.2 Å². The predicted octanol–water partition coefficient (Wildman–Crippen LogP) is 9.53. The molecule has 0 unspecified atom stereocenters. The average molecular weight is 535 g/mol. The molecule has 0 heterocycles. The highest BCUT2D eigenvalue weighted by Gasteiger charge is 2.33. The fourth-order valence-electron chi connectivity index (χ4n) is 6.54. The van der Waals surface area contributed by atoms with Crippen molar-refractivity contribution in [2.24, 2.45) is 17.8 Å². The molecule has 210 valence electrons. The van der Waals surface area contributed by atoms with Gasteiger partial charge in [0.2, 0.25) is 11.6 Å². The Labute approximate surface area is 225 Å². The third kappa shape index (κ3) is 6.84. The summed E-state index contributed by atoms with van der Waals surface area (Å²) in [6.07, 6.45) is 11.6. The van der Waals surface area contributed by atoms with Gasteiger partial charge in [0.15, 0.2) is 23.1 Å². The Morgan fingerprint density at radius 1 is 0.684 bits per heavy atom. The number of halogens is 4. The van der Waals surface area contributed by atoms with Gasteiger partial charge in [0.25, 0.3) is 0 Å². The summed E-state index contributed by atoms with van der Waals surface area (Å²) in [7, 11) is 0. The summed E-state index contributed by atoms with van der Waals surface area (Å²) >= 11 is 0. The summed E-state index contributed by atoms with van der Waals surface area (Å²) in [5, 5.41) is 0. The van der Waals surface area contributed by atoms with Gasteiger partial charge in [-0.1, -0.05) is 38.3 Å². The average Bonchev–Trinajstić information content (AvgIpc) is 2.94. The lowest BCUT2D eigenvalue weighted by Gasteiger charge is -2.38. The van der Waals surface area contributed by atoms with Crippen molar-refractivity contribution >= 4 is 0 Å². The molecule has 0 N–H and O–H groups in total. The van der Waals surface area contributed by atoms with Crippen LogP contribution in [0.1, 0.15) is 102 Å². The van der Waals surface area contributed by atoms with E-state index in [4.69, 9.17) is 9.47 Å². The van der Waals surface area contributed by atoms with Gasteiger partial charge in [-0.05, 0) is 112 Å². The van der Waals surface area contributed by atoms with Gasteiger partial charge in [-0.2, -0.15) is 8.78 Å². The molecule has 0 atom stereocenters. The summed E-state index contributed by atoms with van der Waals surface area (Å²) < 4.78 is 68.6. The Kier molecular flexibility index (Phi) is 10.4. The Balaban J connectivity index is 1.22. The first kappa shape index (κ1) is 28.8. The number of rotatable bonds is 11. The highest BCUT2D eigenvalue weighted by molar-refractivity contribution is 5.33. The molecule has 0 radical (unpaired) electrons. The third-order valence-corrected chi connectivity index (χ3v) is 8.85. The van der Waals surface area contributed by atoms with Crippen molar-refractivity contribution in [2.75, 3.05) is 13.2 Å². The van der Waals surface area contributed by atoms with Crippen LogP contribution in [-0.2, 0) is 6.42 Å². The molecule has 0 bridgehead atoms. The number of hydrogen-bond donors (Lipinski definition) is 0. The van der Waals surface area contributed by atoms with Crippen LogP contribution in [0.15, 0.2) is 24.3 Å². The predicted molar refractivity (Wildman–Crippen MR) is 143 cm³/mol. The van der Waals surface area contributed by atoms with Gasteiger partial charge in [0.1, 0.15) is 0 Å². The minimum atomic E-state index is -0.887. The smallest absolute Gasteiger partial charge is 0.200 e.